The summed E-state index contributed by atoms with van der Waals surface area (Å²) >= 11 is 0. The molecule has 106 valence electrons. The molecule has 18 heavy (non-hydrogen) atoms. The average Bonchev–Trinajstić information content (AvgIpc) is 2.81. The minimum Gasteiger partial charge on any atom is -0.342 e. The van der Waals surface area contributed by atoms with Gasteiger partial charge in [0.1, 0.15) is 0 Å². The fourth-order valence-corrected chi connectivity index (χ4v) is 3.25. The van der Waals surface area contributed by atoms with Crippen LogP contribution in [0.25, 0.3) is 0 Å². The molecule has 2 heterocycles. The fourth-order valence-electron chi connectivity index (χ4n) is 3.25. The van der Waals surface area contributed by atoms with E-state index in [2.05, 4.69) is 24.1 Å². The summed E-state index contributed by atoms with van der Waals surface area (Å²) in [6.07, 6.45) is 4.81. The summed E-state index contributed by atoms with van der Waals surface area (Å²) in [5, 5.41) is 3.29. The third-order valence-corrected chi connectivity index (χ3v) is 4.04. The van der Waals surface area contributed by atoms with Gasteiger partial charge in [-0.05, 0) is 44.1 Å². The minimum absolute atomic E-state index is 0. The molecule has 0 aromatic carbocycles. The van der Waals surface area contributed by atoms with Gasteiger partial charge < -0.3 is 10.2 Å². The summed E-state index contributed by atoms with van der Waals surface area (Å²) in [5.74, 6) is 2.15. The predicted molar refractivity (Wildman–Crippen MR) is 77.0 cm³/mol. The standard InChI is InChI=1S/C14H26N2O.ClH/c1-11(2)8-12-4-3-7-16(10-12)14(17)13-5-6-15-9-13;/h11-13,15H,3-10H2,1-2H3;1H. The van der Waals surface area contributed by atoms with Crippen molar-refractivity contribution in [3.63, 3.8) is 0 Å². The lowest BCUT2D eigenvalue weighted by atomic mass is 9.89. The van der Waals surface area contributed by atoms with Gasteiger partial charge in [-0.15, -0.1) is 12.4 Å². The van der Waals surface area contributed by atoms with Crippen molar-refractivity contribution in [1.29, 1.82) is 0 Å². The maximum Gasteiger partial charge on any atom is 0.227 e. The van der Waals surface area contributed by atoms with Crippen molar-refractivity contribution in [3.05, 3.63) is 0 Å². The molecule has 0 aliphatic carbocycles. The van der Waals surface area contributed by atoms with Crippen LogP contribution in [-0.4, -0.2) is 37.0 Å². The molecule has 2 rings (SSSR count). The second kappa shape index (κ2) is 7.34. The summed E-state index contributed by atoms with van der Waals surface area (Å²) < 4.78 is 0. The van der Waals surface area contributed by atoms with Crippen molar-refractivity contribution in [2.75, 3.05) is 26.2 Å². The van der Waals surface area contributed by atoms with Gasteiger partial charge in [-0.1, -0.05) is 13.8 Å². The fraction of sp³-hybridized carbons (Fsp3) is 0.929. The van der Waals surface area contributed by atoms with Crippen LogP contribution in [0.4, 0.5) is 0 Å². The van der Waals surface area contributed by atoms with Crippen molar-refractivity contribution in [3.8, 4) is 0 Å². The van der Waals surface area contributed by atoms with Crippen LogP contribution in [0, 0.1) is 17.8 Å². The van der Waals surface area contributed by atoms with E-state index in [-0.39, 0.29) is 18.3 Å². The van der Waals surface area contributed by atoms with Crippen LogP contribution in [0.5, 0.6) is 0 Å². The summed E-state index contributed by atoms with van der Waals surface area (Å²) in [5.41, 5.74) is 0. The molecule has 3 nitrogen and oxygen atoms in total. The Kier molecular flexibility index (Phi) is 6.44. The zero-order valence-electron chi connectivity index (χ0n) is 11.7. The number of carbonyl (C=O) groups is 1. The van der Waals surface area contributed by atoms with Crippen molar-refractivity contribution in [2.24, 2.45) is 17.8 Å². The highest BCUT2D eigenvalue weighted by Gasteiger charge is 2.30. The number of halogens is 1. The number of hydrogen-bond acceptors (Lipinski definition) is 2. The molecule has 0 bridgehead atoms. The number of hydrogen-bond donors (Lipinski definition) is 1. The predicted octanol–water partition coefficient (Wildman–Crippen LogP) is 2.30. The molecule has 0 saturated carbocycles. The Hall–Kier alpha value is -0.280. The highest BCUT2D eigenvalue weighted by molar-refractivity contribution is 5.85. The molecule has 4 heteroatoms. The Morgan fingerprint density at radius 1 is 1.39 bits per heavy atom. The van der Waals surface area contributed by atoms with Crippen molar-refractivity contribution in [1.82, 2.24) is 10.2 Å². The molecule has 0 aromatic heterocycles. The Bertz CT molecular complexity index is 265. The molecule has 1 N–H and O–H groups in total. The number of piperidine rings is 1. The molecule has 2 fully saturated rings. The van der Waals surface area contributed by atoms with E-state index in [1.54, 1.807) is 0 Å². The van der Waals surface area contributed by atoms with Gasteiger partial charge in [0, 0.05) is 19.6 Å². The number of nitrogens with one attached hydrogen (secondary N) is 1. The number of likely N-dealkylation sites (tertiary alicyclic amines) is 1. The van der Waals surface area contributed by atoms with E-state index in [0.717, 1.165) is 44.4 Å². The molecule has 2 aliphatic heterocycles. The van der Waals surface area contributed by atoms with E-state index in [1.807, 2.05) is 0 Å². The Labute approximate surface area is 117 Å². The number of rotatable bonds is 3. The van der Waals surface area contributed by atoms with Crippen molar-refractivity contribution < 1.29 is 4.79 Å². The zero-order valence-corrected chi connectivity index (χ0v) is 12.5. The molecule has 0 aromatic rings. The Morgan fingerprint density at radius 3 is 2.78 bits per heavy atom. The first-order valence-corrected chi connectivity index (χ1v) is 7.16. The Morgan fingerprint density at radius 2 is 2.17 bits per heavy atom. The first-order chi connectivity index (χ1) is 8.16. The second-order valence-electron chi connectivity index (χ2n) is 6.11. The largest absolute Gasteiger partial charge is 0.342 e. The maximum atomic E-state index is 12.3. The molecule has 2 atom stereocenters. The first-order valence-electron chi connectivity index (χ1n) is 7.16. The van der Waals surface area contributed by atoms with Gasteiger partial charge in [-0.25, -0.2) is 0 Å². The van der Waals surface area contributed by atoms with E-state index in [9.17, 15) is 4.79 Å². The lowest BCUT2D eigenvalue weighted by Crippen LogP contribution is -2.43. The SMILES string of the molecule is CC(C)CC1CCCN(C(=O)C2CCNC2)C1.Cl. The van der Waals surface area contributed by atoms with E-state index in [0.29, 0.717) is 5.91 Å². The molecule has 2 saturated heterocycles. The quantitative estimate of drug-likeness (QED) is 0.857. The minimum atomic E-state index is 0. The van der Waals surface area contributed by atoms with Crippen molar-refractivity contribution >= 4 is 18.3 Å². The second-order valence-corrected chi connectivity index (χ2v) is 6.11. The van der Waals surface area contributed by atoms with Crippen LogP contribution >= 0.6 is 12.4 Å². The maximum absolute atomic E-state index is 12.3. The van der Waals surface area contributed by atoms with Gasteiger partial charge in [-0.3, -0.25) is 4.79 Å². The van der Waals surface area contributed by atoms with Gasteiger partial charge in [0.25, 0.3) is 0 Å². The van der Waals surface area contributed by atoms with Gasteiger partial charge in [0.15, 0.2) is 0 Å². The van der Waals surface area contributed by atoms with Gasteiger partial charge in [-0.2, -0.15) is 0 Å². The van der Waals surface area contributed by atoms with E-state index < -0.39 is 0 Å². The average molecular weight is 275 g/mol. The molecule has 2 aliphatic rings. The van der Waals surface area contributed by atoms with Crippen LogP contribution < -0.4 is 5.32 Å². The molecular formula is C14H27ClN2O. The van der Waals surface area contributed by atoms with Crippen LogP contribution in [0.2, 0.25) is 0 Å². The van der Waals surface area contributed by atoms with Gasteiger partial charge in [0.2, 0.25) is 5.91 Å². The van der Waals surface area contributed by atoms with E-state index >= 15 is 0 Å². The topological polar surface area (TPSA) is 32.3 Å². The van der Waals surface area contributed by atoms with Crippen LogP contribution in [-0.2, 0) is 4.79 Å². The van der Waals surface area contributed by atoms with Gasteiger partial charge in [0.05, 0.1) is 5.92 Å². The zero-order chi connectivity index (χ0) is 12.3. The normalized spacial score (nSPS) is 28.3. The van der Waals surface area contributed by atoms with Crippen LogP contribution in [0.1, 0.15) is 39.5 Å². The van der Waals surface area contributed by atoms with Crippen LogP contribution in [0.3, 0.4) is 0 Å². The van der Waals surface area contributed by atoms with Crippen molar-refractivity contribution in [2.45, 2.75) is 39.5 Å². The van der Waals surface area contributed by atoms with Gasteiger partial charge >= 0.3 is 0 Å². The lowest BCUT2D eigenvalue weighted by molar-refractivity contribution is -0.136. The third kappa shape index (κ3) is 4.13. The summed E-state index contributed by atoms with van der Waals surface area (Å²) in [7, 11) is 0. The molecule has 0 radical (unpaired) electrons. The number of carbonyl (C=O) groups excluding carboxylic acids is 1. The molecule has 0 spiro atoms. The smallest absolute Gasteiger partial charge is 0.227 e. The number of amides is 1. The first kappa shape index (κ1) is 15.8. The van der Waals surface area contributed by atoms with Crippen LogP contribution in [0.15, 0.2) is 0 Å². The Balaban J connectivity index is 0.00000162. The van der Waals surface area contributed by atoms with E-state index in [4.69, 9.17) is 0 Å². The lowest BCUT2D eigenvalue weighted by Gasteiger charge is -2.35. The highest BCUT2D eigenvalue weighted by Crippen LogP contribution is 2.25. The monoisotopic (exact) mass is 274 g/mol. The third-order valence-electron chi connectivity index (χ3n) is 4.04. The molecule has 1 amide bonds. The number of nitrogens with zero attached hydrogens (tertiary/aromatic N) is 1. The molecular weight excluding hydrogens is 248 g/mol. The molecule has 2 unspecified atom stereocenters. The summed E-state index contributed by atoms with van der Waals surface area (Å²) in [4.78, 5) is 14.5. The highest BCUT2D eigenvalue weighted by atomic mass is 35.5. The summed E-state index contributed by atoms with van der Waals surface area (Å²) in [6, 6.07) is 0. The summed E-state index contributed by atoms with van der Waals surface area (Å²) in [6.45, 7) is 8.46. The van der Waals surface area contributed by atoms with E-state index in [1.165, 1.54) is 19.3 Å².